The van der Waals surface area contributed by atoms with Gasteiger partial charge in [-0.2, -0.15) is 0 Å². The first-order valence-electron chi connectivity index (χ1n) is 9.40. The van der Waals surface area contributed by atoms with Gasteiger partial charge in [-0.05, 0) is 44.6 Å². The van der Waals surface area contributed by atoms with Gasteiger partial charge in [0.05, 0.1) is 12.0 Å². The predicted octanol–water partition coefficient (Wildman–Crippen LogP) is 2.42. The molecule has 1 saturated carbocycles. The Morgan fingerprint density at radius 3 is 2.79 bits per heavy atom. The molecule has 4 rings (SSSR count). The highest BCUT2D eigenvalue weighted by Crippen LogP contribution is 2.42. The molecular formula is C18H28N4O2. The quantitative estimate of drug-likeness (QED) is 0.828. The second-order valence-electron chi connectivity index (χ2n) is 8.23. The van der Waals surface area contributed by atoms with Crippen molar-refractivity contribution in [3.05, 3.63) is 11.8 Å². The Morgan fingerprint density at radius 2 is 2.08 bits per heavy atom. The van der Waals surface area contributed by atoms with Crippen LogP contribution in [0.2, 0.25) is 0 Å². The Labute approximate surface area is 143 Å². The lowest BCUT2D eigenvalue weighted by Crippen LogP contribution is -2.50. The molecule has 2 saturated heterocycles. The molecule has 3 aliphatic rings. The van der Waals surface area contributed by atoms with Crippen LogP contribution in [-0.2, 0) is 11.3 Å². The van der Waals surface area contributed by atoms with E-state index in [1.807, 2.05) is 0 Å². The Balaban J connectivity index is 1.39. The summed E-state index contributed by atoms with van der Waals surface area (Å²) in [6.07, 6.45) is 5.75. The first-order chi connectivity index (χ1) is 11.6. The average molecular weight is 332 g/mol. The number of nitrogens with zero attached hydrogens (tertiary/aromatic N) is 4. The molecule has 1 aromatic heterocycles. The maximum Gasteiger partial charge on any atom is 0.230 e. The summed E-state index contributed by atoms with van der Waals surface area (Å²) < 4.78 is 5.73. The lowest BCUT2D eigenvalue weighted by atomic mass is 9.78. The van der Waals surface area contributed by atoms with E-state index in [0.29, 0.717) is 24.2 Å². The third-order valence-corrected chi connectivity index (χ3v) is 5.77. The third kappa shape index (κ3) is 3.08. The van der Waals surface area contributed by atoms with Gasteiger partial charge in [0, 0.05) is 25.6 Å². The number of rotatable bonds is 5. The summed E-state index contributed by atoms with van der Waals surface area (Å²) in [4.78, 5) is 17.5. The molecule has 1 aliphatic carbocycles. The number of hydrogen-bond acceptors (Lipinski definition) is 5. The van der Waals surface area contributed by atoms with Gasteiger partial charge in [-0.3, -0.25) is 9.69 Å². The van der Waals surface area contributed by atoms with Crippen LogP contribution in [0.15, 0.2) is 4.42 Å². The molecule has 1 aromatic rings. The van der Waals surface area contributed by atoms with Crippen molar-refractivity contribution in [1.29, 1.82) is 0 Å². The van der Waals surface area contributed by atoms with Crippen molar-refractivity contribution in [2.75, 3.05) is 26.2 Å². The SMILES string of the molecule is CC(C)c1nnc(CN2CCC3(CCCN(CC4CC4)C3=O)C2)o1. The summed E-state index contributed by atoms with van der Waals surface area (Å²) in [5.41, 5.74) is -0.159. The Hall–Kier alpha value is -1.43. The van der Waals surface area contributed by atoms with Gasteiger partial charge in [-0.25, -0.2) is 0 Å². The van der Waals surface area contributed by atoms with Crippen molar-refractivity contribution < 1.29 is 9.21 Å². The van der Waals surface area contributed by atoms with Crippen LogP contribution in [0.25, 0.3) is 0 Å². The van der Waals surface area contributed by atoms with Crippen molar-refractivity contribution in [3.63, 3.8) is 0 Å². The zero-order valence-corrected chi connectivity index (χ0v) is 14.8. The van der Waals surface area contributed by atoms with Crippen LogP contribution >= 0.6 is 0 Å². The largest absolute Gasteiger partial charge is 0.424 e. The number of carbonyl (C=O) groups excluding carboxylic acids is 1. The zero-order valence-electron chi connectivity index (χ0n) is 14.8. The van der Waals surface area contributed by atoms with Crippen LogP contribution < -0.4 is 0 Å². The summed E-state index contributed by atoms with van der Waals surface area (Å²) in [6, 6.07) is 0. The van der Waals surface area contributed by atoms with E-state index < -0.39 is 0 Å². The van der Waals surface area contributed by atoms with Gasteiger partial charge in [0.15, 0.2) is 0 Å². The highest BCUT2D eigenvalue weighted by atomic mass is 16.4. The van der Waals surface area contributed by atoms with Gasteiger partial charge in [0.25, 0.3) is 0 Å². The van der Waals surface area contributed by atoms with Crippen LogP contribution in [0.1, 0.15) is 63.7 Å². The number of hydrogen-bond donors (Lipinski definition) is 0. The van der Waals surface area contributed by atoms with E-state index in [2.05, 4.69) is 33.8 Å². The minimum Gasteiger partial charge on any atom is -0.424 e. The summed E-state index contributed by atoms with van der Waals surface area (Å²) >= 11 is 0. The van der Waals surface area contributed by atoms with Gasteiger partial charge >= 0.3 is 0 Å². The van der Waals surface area contributed by atoms with E-state index >= 15 is 0 Å². The van der Waals surface area contributed by atoms with E-state index in [1.165, 1.54) is 12.8 Å². The molecule has 0 N–H and O–H groups in total. The first-order valence-corrected chi connectivity index (χ1v) is 9.40. The van der Waals surface area contributed by atoms with Crippen LogP contribution in [0, 0.1) is 11.3 Å². The van der Waals surface area contributed by atoms with Crippen LogP contribution in [0.3, 0.4) is 0 Å². The second kappa shape index (κ2) is 6.14. The van der Waals surface area contributed by atoms with E-state index in [9.17, 15) is 4.79 Å². The topological polar surface area (TPSA) is 62.5 Å². The van der Waals surface area contributed by atoms with Crippen molar-refractivity contribution >= 4 is 5.91 Å². The van der Waals surface area contributed by atoms with Crippen molar-refractivity contribution in [2.45, 2.75) is 58.4 Å². The van der Waals surface area contributed by atoms with Crippen LogP contribution in [-0.4, -0.2) is 52.1 Å². The number of carbonyl (C=O) groups is 1. The molecule has 0 bridgehead atoms. The van der Waals surface area contributed by atoms with Crippen LogP contribution in [0.5, 0.6) is 0 Å². The smallest absolute Gasteiger partial charge is 0.230 e. The summed E-state index contributed by atoms with van der Waals surface area (Å²) in [6.45, 7) is 8.50. The summed E-state index contributed by atoms with van der Waals surface area (Å²) in [5, 5.41) is 8.27. The number of amides is 1. The summed E-state index contributed by atoms with van der Waals surface area (Å²) in [7, 11) is 0. The maximum absolute atomic E-state index is 13.1. The highest BCUT2D eigenvalue weighted by Gasteiger charge is 2.49. The molecule has 6 nitrogen and oxygen atoms in total. The molecule has 24 heavy (non-hydrogen) atoms. The van der Waals surface area contributed by atoms with E-state index in [0.717, 1.165) is 51.4 Å². The number of aromatic nitrogens is 2. The molecular weight excluding hydrogens is 304 g/mol. The Morgan fingerprint density at radius 1 is 1.25 bits per heavy atom. The molecule has 0 aromatic carbocycles. The fraction of sp³-hybridized carbons (Fsp3) is 0.833. The van der Waals surface area contributed by atoms with Gasteiger partial charge in [0.2, 0.25) is 17.7 Å². The zero-order chi connectivity index (χ0) is 16.7. The predicted molar refractivity (Wildman–Crippen MR) is 89.3 cm³/mol. The molecule has 6 heteroatoms. The lowest BCUT2D eigenvalue weighted by molar-refractivity contribution is -0.146. The molecule has 0 radical (unpaired) electrons. The lowest BCUT2D eigenvalue weighted by Gasteiger charge is -2.39. The minimum absolute atomic E-state index is 0.159. The molecule has 132 valence electrons. The van der Waals surface area contributed by atoms with Gasteiger partial charge in [-0.15, -0.1) is 10.2 Å². The minimum atomic E-state index is -0.159. The molecule has 3 heterocycles. The molecule has 1 atom stereocenters. The standard InChI is InChI=1S/C18H28N4O2/c1-13(2)16-20-19-15(24-16)11-21-9-7-18(12-21)6-3-8-22(17(18)23)10-14-4-5-14/h13-14H,3-12H2,1-2H3. The van der Waals surface area contributed by atoms with Crippen molar-refractivity contribution in [3.8, 4) is 0 Å². The normalized spacial score (nSPS) is 28.5. The third-order valence-electron chi connectivity index (χ3n) is 5.77. The fourth-order valence-corrected chi connectivity index (χ4v) is 4.17. The summed E-state index contributed by atoms with van der Waals surface area (Å²) in [5.74, 6) is 2.80. The monoisotopic (exact) mass is 332 g/mol. The number of piperidine rings is 1. The highest BCUT2D eigenvalue weighted by molar-refractivity contribution is 5.84. The fourth-order valence-electron chi connectivity index (χ4n) is 4.17. The first kappa shape index (κ1) is 16.1. The Kier molecular flexibility index (Phi) is 4.11. The maximum atomic E-state index is 13.1. The van der Waals surface area contributed by atoms with Gasteiger partial charge in [-0.1, -0.05) is 13.8 Å². The average Bonchev–Trinajstić information content (AvgIpc) is 3.08. The van der Waals surface area contributed by atoms with E-state index in [4.69, 9.17) is 4.42 Å². The molecule has 1 unspecified atom stereocenters. The molecule has 1 amide bonds. The van der Waals surface area contributed by atoms with Crippen molar-refractivity contribution in [1.82, 2.24) is 20.0 Å². The van der Waals surface area contributed by atoms with Gasteiger partial charge < -0.3 is 9.32 Å². The number of likely N-dealkylation sites (tertiary alicyclic amines) is 2. The molecule has 2 aliphatic heterocycles. The van der Waals surface area contributed by atoms with E-state index in [-0.39, 0.29) is 11.3 Å². The van der Waals surface area contributed by atoms with Crippen molar-refractivity contribution in [2.24, 2.45) is 11.3 Å². The Bertz CT molecular complexity index is 610. The molecule has 3 fully saturated rings. The molecule has 1 spiro atoms. The second-order valence-corrected chi connectivity index (χ2v) is 8.23. The van der Waals surface area contributed by atoms with Gasteiger partial charge in [0.1, 0.15) is 0 Å². The van der Waals surface area contributed by atoms with Crippen LogP contribution in [0.4, 0.5) is 0 Å². The van der Waals surface area contributed by atoms with E-state index in [1.54, 1.807) is 0 Å².